The number of phenolic OH excluding ortho intramolecular Hbond substituents is 2. The number of aliphatic imine (C=N–C) groups is 2. The Hall–Kier alpha value is -2.84. The van der Waals surface area contributed by atoms with E-state index in [1.54, 1.807) is 36.7 Å². The lowest BCUT2D eigenvalue weighted by Gasteiger charge is -2.06. The van der Waals surface area contributed by atoms with E-state index in [4.69, 9.17) is 9.47 Å². The number of rotatable bonds is 6. The minimum atomic E-state index is 0.0511. The maximum Gasteiger partial charge on any atom is 0.172 e. The Kier molecular flexibility index (Phi) is 7.12. The number of nitrogens with zero attached hydrogens (tertiary/aromatic N) is 2. The van der Waals surface area contributed by atoms with E-state index in [2.05, 4.69) is 41.8 Å². The monoisotopic (exact) mass is 532 g/mol. The molecule has 3 rings (SSSR count). The third-order valence-corrected chi connectivity index (χ3v) is 5.33. The fourth-order valence-corrected chi connectivity index (χ4v) is 3.49. The van der Waals surface area contributed by atoms with Gasteiger partial charge in [-0.2, -0.15) is 0 Å². The summed E-state index contributed by atoms with van der Waals surface area (Å²) in [5.41, 5.74) is 3.08. The zero-order valence-electron chi connectivity index (χ0n) is 16.1. The van der Waals surface area contributed by atoms with E-state index >= 15 is 0 Å². The fraction of sp³-hybridized carbons (Fsp3) is 0.0909. The molecule has 0 aliphatic carbocycles. The standard InChI is InChI=1S/C22H18Br2N2O4/c1-29-19-9-13(7-17(23)21(19)27)11-25-15-3-5-16(6-4-15)26-12-14-8-18(24)22(28)20(10-14)30-2/h3-12,27-28H,1-2H3. The van der Waals surface area contributed by atoms with Gasteiger partial charge in [0, 0.05) is 12.4 Å². The zero-order chi connectivity index (χ0) is 21.7. The highest BCUT2D eigenvalue weighted by Crippen LogP contribution is 2.36. The van der Waals surface area contributed by atoms with Crippen molar-refractivity contribution >= 4 is 55.7 Å². The van der Waals surface area contributed by atoms with Crippen molar-refractivity contribution in [3.8, 4) is 23.0 Å². The maximum absolute atomic E-state index is 9.88. The highest BCUT2D eigenvalue weighted by atomic mass is 79.9. The average molecular weight is 534 g/mol. The van der Waals surface area contributed by atoms with Gasteiger partial charge in [-0.3, -0.25) is 9.98 Å². The smallest absolute Gasteiger partial charge is 0.172 e. The maximum atomic E-state index is 9.88. The van der Waals surface area contributed by atoms with Crippen LogP contribution < -0.4 is 9.47 Å². The Bertz CT molecular complexity index is 1020. The van der Waals surface area contributed by atoms with E-state index in [1.807, 2.05) is 24.3 Å². The largest absolute Gasteiger partial charge is 0.503 e. The van der Waals surface area contributed by atoms with E-state index in [0.717, 1.165) is 22.5 Å². The molecule has 6 nitrogen and oxygen atoms in total. The number of benzene rings is 3. The van der Waals surface area contributed by atoms with E-state index in [0.29, 0.717) is 20.4 Å². The van der Waals surface area contributed by atoms with Gasteiger partial charge in [0.25, 0.3) is 0 Å². The van der Waals surface area contributed by atoms with Crippen LogP contribution in [-0.4, -0.2) is 36.9 Å². The molecule has 0 aliphatic heterocycles. The Balaban J connectivity index is 1.74. The van der Waals surface area contributed by atoms with Crippen molar-refractivity contribution in [3.63, 3.8) is 0 Å². The lowest BCUT2D eigenvalue weighted by molar-refractivity contribution is 0.372. The molecule has 0 amide bonds. The van der Waals surface area contributed by atoms with Crippen molar-refractivity contribution in [3.05, 3.63) is 68.6 Å². The van der Waals surface area contributed by atoms with Gasteiger partial charge in [0.2, 0.25) is 0 Å². The van der Waals surface area contributed by atoms with Crippen molar-refractivity contribution in [2.75, 3.05) is 14.2 Å². The molecule has 0 aromatic heterocycles. The lowest BCUT2D eigenvalue weighted by atomic mass is 10.2. The molecule has 0 spiro atoms. The third-order valence-electron chi connectivity index (χ3n) is 4.12. The van der Waals surface area contributed by atoms with Crippen LogP contribution in [0.3, 0.4) is 0 Å². The molecule has 154 valence electrons. The van der Waals surface area contributed by atoms with E-state index in [-0.39, 0.29) is 11.5 Å². The lowest BCUT2D eigenvalue weighted by Crippen LogP contribution is -1.88. The van der Waals surface area contributed by atoms with Crippen molar-refractivity contribution in [1.82, 2.24) is 0 Å². The van der Waals surface area contributed by atoms with Crippen molar-refractivity contribution < 1.29 is 19.7 Å². The molecule has 0 heterocycles. The predicted molar refractivity (Wildman–Crippen MR) is 126 cm³/mol. The summed E-state index contributed by atoms with van der Waals surface area (Å²) in [5.74, 6) is 0.839. The fourth-order valence-electron chi connectivity index (χ4n) is 2.57. The Morgan fingerprint density at radius 2 is 1.07 bits per heavy atom. The SMILES string of the molecule is COc1cc(C=Nc2ccc(N=Cc3cc(Br)c(O)c(OC)c3)cc2)cc(Br)c1O. The van der Waals surface area contributed by atoms with Gasteiger partial charge in [-0.05, 0) is 91.5 Å². The molecule has 3 aromatic rings. The second-order valence-corrected chi connectivity index (χ2v) is 7.85. The molecule has 0 saturated carbocycles. The van der Waals surface area contributed by atoms with Gasteiger partial charge in [0.05, 0.1) is 34.5 Å². The molecule has 0 fully saturated rings. The molecule has 0 aliphatic rings. The van der Waals surface area contributed by atoms with Crippen LogP contribution in [0, 0.1) is 0 Å². The van der Waals surface area contributed by atoms with Gasteiger partial charge in [0.1, 0.15) is 0 Å². The molecular formula is C22H18Br2N2O4. The second kappa shape index (κ2) is 9.77. The molecule has 0 unspecified atom stereocenters. The zero-order valence-corrected chi connectivity index (χ0v) is 19.3. The van der Waals surface area contributed by atoms with Crippen LogP contribution in [0.1, 0.15) is 11.1 Å². The highest BCUT2D eigenvalue weighted by molar-refractivity contribution is 9.10. The van der Waals surface area contributed by atoms with Crippen molar-refractivity contribution in [2.24, 2.45) is 9.98 Å². The van der Waals surface area contributed by atoms with Crippen molar-refractivity contribution in [2.45, 2.75) is 0 Å². The summed E-state index contributed by atoms with van der Waals surface area (Å²) in [6.07, 6.45) is 3.37. The predicted octanol–water partition coefficient (Wildman–Crippen LogP) is 6.14. The first kappa shape index (κ1) is 21.9. The molecule has 0 radical (unpaired) electrons. The van der Waals surface area contributed by atoms with Crippen LogP contribution in [0.5, 0.6) is 23.0 Å². The van der Waals surface area contributed by atoms with Gasteiger partial charge in [0.15, 0.2) is 23.0 Å². The molecule has 0 bridgehead atoms. The van der Waals surface area contributed by atoms with Crippen LogP contribution in [-0.2, 0) is 0 Å². The van der Waals surface area contributed by atoms with E-state index in [9.17, 15) is 10.2 Å². The number of halogens is 2. The van der Waals surface area contributed by atoms with Crippen LogP contribution in [0.25, 0.3) is 0 Å². The number of hydrogen-bond donors (Lipinski definition) is 2. The van der Waals surface area contributed by atoms with Gasteiger partial charge in [-0.25, -0.2) is 0 Å². The summed E-state index contributed by atoms with van der Waals surface area (Å²) in [4.78, 5) is 8.88. The summed E-state index contributed by atoms with van der Waals surface area (Å²) in [7, 11) is 2.99. The topological polar surface area (TPSA) is 83.6 Å². The molecule has 30 heavy (non-hydrogen) atoms. The summed E-state index contributed by atoms with van der Waals surface area (Å²) < 4.78 is 11.4. The normalized spacial score (nSPS) is 11.3. The third kappa shape index (κ3) is 5.20. The van der Waals surface area contributed by atoms with Crippen LogP contribution in [0.15, 0.2) is 67.5 Å². The molecule has 0 atom stereocenters. The van der Waals surface area contributed by atoms with Gasteiger partial charge in [-0.15, -0.1) is 0 Å². The van der Waals surface area contributed by atoms with Crippen LogP contribution >= 0.6 is 31.9 Å². The van der Waals surface area contributed by atoms with Crippen LogP contribution in [0.2, 0.25) is 0 Å². The molecule has 2 N–H and O–H groups in total. The van der Waals surface area contributed by atoms with Gasteiger partial charge < -0.3 is 19.7 Å². The summed E-state index contributed by atoms with van der Waals surface area (Å²) in [6, 6.07) is 14.3. The molecule has 0 saturated heterocycles. The Labute approximate surface area is 190 Å². The number of hydrogen-bond acceptors (Lipinski definition) is 6. The number of phenols is 2. The van der Waals surface area contributed by atoms with Crippen LogP contribution in [0.4, 0.5) is 11.4 Å². The van der Waals surface area contributed by atoms with E-state index < -0.39 is 0 Å². The van der Waals surface area contributed by atoms with Crippen molar-refractivity contribution in [1.29, 1.82) is 0 Å². The first-order chi connectivity index (χ1) is 14.4. The van der Waals surface area contributed by atoms with Gasteiger partial charge >= 0.3 is 0 Å². The summed E-state index contributed by atoms with van der Waals surface area (Å²) in [5, 5.41) is 19.8. The number of aromatic hydroxyl groups is 2. The van der Waals surface area contributed by atoms with E-state index in [1.165, 1.54) is 14.2 Å². The Morgan fingerprint density at radius 1 is 0.700 bits per heavy atom. The number of ether oxygens (including phenoxy) is 2. The minimum Gasteiger partial charge on any atom is -0.503 e. The van der Waals surface area contributed by atoms with Gasteiger partial charge in [-0.1, -0.05) is 0 Å². The first-order valence-electron chi connectivity index (χ1n) is 8.72. The quantitative estimate of drug-likeness (QED) is 0.373. The molecule has 3 aromatic carbocycles. The molecule has 8 heteroatoms. The second-order valence-electron chi connectivity index (χ2n) is 6.14. The first-order valence-corrected chi connectivity index (χ1v) is 10.3. The number of methoxy groups -OCH3 is 2. The highest BCUT2D eigenvalue weighted by Gasteiger charge is 2.08. The summed E-state index contributed by atoms with van der Waals surface area (Å²) in [6.45, 7) is 0. The minimum absolute atomic E-state index is 0.0511. The average Bonchev–Trinajstić information content (AvgIpc) is 2.75. The Morgan fingerprint density at radius 3 is 1.40 bits per heavy atom. The summed E-state index contributed by atoms with van der Waals surface area (Å²) >= 11 is 6.59. The molecular weight excluding hydrogens is 516 g/mol.